The highest BCUT2D eigenvalue weighted by Gasteiger charge is 2.22. The number of nitrogens with one attached hydrogen (secondary N) is 2. The Hall–Kier alpha value is -4.67. The van der Waals surface area contributed by atoms with E-state index < -0.39 is 12.0 Å². The molecule has 4 rings (SSSR count). The molecule has 3 aromatic heterocycles. The standard InChI is InChI=1S/C22H19N5O6/c1-13(28)17-8-7-16(32-17)12-27-11-15(9-24-27)25-21(29)19-20(14-5-3-2-4-6-14)33-18(26-19)10-23-22(30)31/h2-9,11,23H,10,12H2,1H3,(H,25,29)(H,30,31). The van der Waals surface area contributed by atoms with Gasteiger partial charge in [-0.1, -0.05) is 30.3 Å². The summed E-state index contributed by atoms with van der Waals surface area (Å²) in [7, 11) is 0. The molecule has 0 atom stereocenters. The van der Waals surface area contributed by atoms with E-state index in [2.05, 4.69) is 20.7 Å². The third-order valence-electron chi connectivity index (χ3n) is 4.53. The largest absolute Gasteiger partial charge is 0.465 e. The van der Waals surface area contributed by atoms with E-state index >= 15 is 0 Å². The number of benzene rings is 1. The number of carbonyl (C=O) groups excluding carboxylic acids is 2. The van der Waals surface area contributed by atoms with Gasteiger partial charge in [0.15, 0.2) is 23.0 Å². The minimum atomic E-state index is -1.24. The summed E-state index contributed by atoms with van der Waals surface area (Å²) in [6.45, 7) is 1.50. The fourth-order valence-electron chi connectivity index (χ4n) is 3.05. The van der Waals surface area contributed by atoms with Crippen molar-refractivity contribution in [3.63, 3.8) is 0 Å². The smallest absolute Gasteiger partial charge is 0.405 e. The maximum Gasteiger partial charge on any atom is 0.405 e. The Kier molecular flexibility index (Phi) is 6.02. The van der Waals surface area contributed by atoms with Gasteiger partial charge in [0, 0.05) is 18.7 Å². The van der Waals surface area contributed by atoms with Gasteiger partial charge in [-0.2, -0.15) is 5.10 Å². The summed E-state index contributed by atoms with van der Waals surface area (Å²) >= 11 is 0. The zero-order chi connectivity index (χ0) is 23.4. The van der Waals surface area contributed by atoms with Crippen LogP contribution in [0.3, 0.4) is 0 Å². The Morgan fingerprint density at radius 3 is 2.58 bits per heavy atom. The van der Waals surface area contributed by atoms with Crippen molar-refractivity contribution in [2.45, 2.75) is 20.0 Å². The van der Waals surface area contributed by atoms with Crippen LogP contribution in [0.4, 0.5) is 10.5 Å². The van der Waals surface area contributed by atoms with Gasteiger partial charge in [0.1, 0.15) is 5.76 Å². The molecule has 0 radical (unpaired) electrons. The number of rotatable bonds is 8. The molecular formula is C22H19N5O6. The lowest BCUT2D eigenvalue weighted by Crippen LogP contribution is -2.20. The molecule has 0 saturated heterocycles. The summed E-state index contributed by atoms with van der Waals surface area (Å²) in [5.74, 6) is 0.356. The second kappa shape index (κ2) is 9.22. The lowest BCUT2D eigenvalue weighted by molar-refractivity contribution is 0.0983. The van der Waals surface area contributed by atoms with E-state index in [1.807, 2.05) is 6.07 Å². The first-order valence-electron chi connectivity index (χ1n) is 9.84. The van der Waals surface area contributed by atoms with Crippen LogP contribution in [-0.4, -0.2) is 37.7 Å². The Balaban J connectivity index is 1.52. The number of furan rings is 1. The Labute approximate surface area is 187 Å². The van der Waals surface area contributed by atoms with Gasteiger partial charge < -0.3 is 24.6 Å². The number of ketones is 1. The minimum absolute atomic E-state index is 0.00766. The number of hydrogen-bond donors (Lipinski definition) is 3. The lowest BCUT2D eigenvalue weighted by Gasteiger charge is -2.02. The predicted octanol–water partition coefficient (Wildman–Crippen LogP) is 3.40. The van der Waals surface area contributed by atoms with Crippen LogP contribution in [0.2, 0.25) is 0 Å². The van der Waals surface area contributed by atoms with Gasteiger partial charge in [0.2, 0.25) is 5.89 Å². The Bertz CT molecular complexity index is 1300. The van der Waals surface area contributed by atoms with E-state index in [0.717, 1.165) is 0 Å². The van der Waals surface area contributed by atoms with Crippen LogP contribution >= 0.6 is 0 Å². The number of anilines is 1. The predicted molar refractivity (Wildman–Crippen MR) is 115 cm³/mol. The number of carboxylic acid groups (broad SMARTS) is 1. The zero-order valence-corrected chi connectivity index (χ0v) is 17.4. The van der Waals surface area contributed by atoms with Crippen molar-refractivity contribution in [3.05, 3.63) is 78.0 Å². The zero-order valence-electron chi connectivity index (χ0n) is 17.4. The van der Waals surface area contributed by atoms with E-state index in [9.17, 15) is 14.4 Å². The number of amides is 2. The quantitative estimate of drug-likeness (QED) is 0.346. The van der Waals surface area contributed by atoms with Crippen molar-refractivity contribution < 1.29 is 28.3 Å². The van der Waals surface area contributed by atoms with Crippen LogP contribution in [-0.2, 0) is 13.1 Å². The van der Waals surface area contributed by atoms with Crippen molar-refractivity contribution in [2.24, 2.45) is 0 Å². The molecule has 0 unspecified atom stereocenters. The summed E-state index contributed by atoms with van der Waals surface area (Å²) in [5.41, 5.74) is 1.03. The second-order valence-corrected chi connectivity index (χ2v) is 7.01. The molecule has 11 nitrogen and oxygen atoms in total. The lowest BCUT2D eigenvalue weighted by atomic mass is 10.1. The van der Waals surface area contributed by atoms with Gasteiger partial charge >= 0.3 is 6.09 Å². The molecule has 0 bridgehead atoms. The highest BCUT2D eigenvalue weighted by Crippen LogP contribution is 2.26. The highest BCUT2D eigenvalue weighted by molar-refractivity contribution is 6.06. The van der Waals surface area contributed by atoms with Gasteiger partial charge in [0.05, 0.1) is 25.0 Å². The van der Waals surface area contributed by atoms with Gasteiger partial charge in [-0.15, -0.1) is 0 Å². The summed E-state index contributed by atoms with van der Waals surface area (Å²) in [6.07, 6.45) is 1.82. The molecule has 0 aliphatic carbocycles. The van der Waals surface area contributed by atoms with Gasteiger partial charge in [-0.3, -0.25) is 14.3 Å². The van der Waals surface area contributed by atoms with Gasteiger partial charge in [-0.05, 0) is 12.1 Å². The van der Waals surface area contributed by atoms with E-state index in [1.165, 1.54) is 13.1 Å². The fourth-order valence-corrected chi connectivity index (χ4v) is 3.05. The number of nitrogens with zero attached hydrogens (tertiary/aromatic N) is 3. The number of oxazole rings is 1. The molecule has 0 saturated carbocycles. The summed E-state index contributed by atoms with van der Waals surface area (Å²) in [5, 5.41) is 17.9. The molecular weight excluding hydrogens is 430 g/mol. The van der Waals surface area contributed by atoms with Crippen LogP contribution in [0.1, 0.15) is 39.6 Å². The molecule has 0 fully saturated rings. The normalized spacial score (nSPS) is 10.7. The van der Waals surface area contributed by atoms with Gasteiger partial charge in [-0.25, -0.2) is 9.78 Å². The van der Waals surface area contributed by atoms with Crippen molar-refractivity contribution in [1.82, 2.24) is 20.1 Å². The summed E-state index contributed by atoms with van der Waals surface area (Å²) < 4.78 is 12.6. The van der Waals surface area contributed by atoms with E-state index in [4.69, 9.17) is 13.9 Å². The molecule has 4 aromatic rings. The average Bonchev–Trinajstić information content (AvgIpc) is 3.53. The average molecular weight is 449 g/mol. The Morgan fingerprint density at radius 2 is 1.88 bits per heavy atom. The molecule has 0 spiro atoms. The molecule has 33 heavy (non-hydrogen) atoms. The first-order valence-corrected chi connectivity index (χ1v) is 9.84. The Morgan fingerprint density at radius 1 is 1.09 bits per heavy atom. The van der Waals surface area contributed by atoms with Crippen LogP contribution < -0.4 is 10.6 Å². The molecule has 3 heterocycles. The molecule has 0 aliphatic rings. The summed E-state index contributed by atoms with van der Waals surface area (Å²) in [6, 6.07) is 12.2. The summed E-state index contributed by atoms with van der Waals surface area (Å²) in [4.78, 5) is 39.3. The van der Waals surface area contributed by atoms with Crippen molar-refractivity contribution >= 4 is 23.5 Å². The van der Waals surface area contributed by atoms with Crippen molar-refractivity contribution in [1.29, 1.82) is 0 Å². The van der Waals surface area contributed by atoms with Gasteiger partial charge in [0.25, 0.3) is 5.91 Å². The van der Waals surface area contributed by atoms with Crippen molar-refractivity contribution in [3.8, 4) is 11.3 Å². The maximum absolute atomic E-state index is 12.9. The van der Waals surface area contributed by atoms with Crippen LogP contribution in [0.5, 0.6) is 0 Å². The monoisotopic (exact) mass is 449 g/mol. The fraction of sp³-hybridized carbons (Fsp3) is 0.136. The van der Waals surface area contributed by atoms with E-state index in [-0.39, 0.29) is 42.0 Å². The van der Waals surface area contributed by atoms with E-state index in [1.54, 1.807) is 47.3 Å². The third kappa shape index (κ3) is 5.15. The minimum Gasteiger partial charge on any atom is -0.465 e. The molecule has 0 aliphatic heterocycles. The SMILES string of the molecule is CC(=O)c1ccc(Cn2cc(NC(=O)c3nc(CNC(=O)O)oc3-c3ccccc3)cn2)o1. The number of carbonyl (C=O) groups is 3. The first kappa shape index (κ1) is 21.6. The van der Waals surface area contributed by atoms with Crippen LogP contribution in [0.15, 0.2) is 63.7 Å². The second-order valence-electron chi connectivity index (χ2n) is 7.01. The molecule has 168 valence electrons. The number of hydrogen-bond acceptors (Lipinski definition) is 7. The highest BCUT2D eigenvalue weighted by atomic mass is 16.4. The van der Waals surface area contributed by atoms with Crippen molar-refractivity contribution in [2.75, 3.05) is 5.32 Å². The molecule has 1 aromatic carbocycles. The third-order valence-corrected chi connectivity index (χ3v) is 4.53. The number of Topliss-reactive ketones (excluding diaryl/α,β-unsaturated/α-hetero) is 1. The molecule has 2 amide bonds. The molecule has 11 heteroatoms. The van der Waals surface area contributed by atoms with E-state index in [0.29, 0.717) is 17.0 Å². The topological polar surface area (TPSA) is 152 Å². The van der Waals surface area contributed by atoms with Crippen LogP contribution in [0, 0.1) is 0 Å². The first-order chi connectivity index (χ1) is 15.9. The number of aromatic nitrogens is 3. The van der Waals surface area contributed by atoms with Crippen LogP contribution in [0.25, 0.3) is 11.3 Å². The maximum atomic E-state index is 12.9. The molecule has 3 N–H and O–H groups in total.